The van der Waals surface area contributed by atoms with E-state index in [9.17, 15) is 0 Å². The van der Waals surface area contributed by atoms with Crippen molar-refractivity contribution in [1.82, 2.24) is 0 Å². The zero-order chi connectivity index (χ0) is 57.1. The molecule has 0 fully saturated rings. The minimum atomic E-state index is -0.678. The predicted octanol–water partition coefficient (Wildman–Crippen LogP) is 16.5. The number of anilines is 15. The van der Waals surface area contributed by atoms with Gasteiger partial charge in [-0.25, -0.2) is 0 Å². The SMILES string of the molecule is c1ccc(N(c2ccccc2)c2cc3c4c(c2)N(c2ccccc2)c2ccccc2B4c2cc4c(cc2O3)N(c2ccc3c(c2)[te]c2ccccc23)c2cc(N(c3ccccc3)c3ccccc3)cc3c2B4c2ccccc2N3c2ccccc2)cc1. The van der Waals surface area contributed by atoms with Crippen LogP contribution in [0, 0.1) is 0 Å². The van der Waals surface area contributed by atoms with Crippen LogP contribution in [0.1, 0.15) is 0 Å². The largest absolute Gasteiger partial charge is 0.0602 e. The minimum Gasteiger partial charge on any atom is -0.0602 e. The molecule has 6 nitrogen and oxygen atoms in total. The zero-order valence-corrected chi connectivity index (χ0v) is 49.5. The summed E-state index contributed by atoms with van der Waals surface area (Å²) in [6, 6.07) is 114. The smallest absolute Gasteiger partial charge is 0.0380 e. The number of ether oxygens (including phenoxy) is 1. The van der Waals surface area contributed by atoms with Gasteiger partial charge >= 0.3 is 406 Å². The maximum absolute atomic E-state index is 7.78. The first-order valence-electron chi connectivity index (χ1n) is 29.8. The van der Waals surface area contributed by atoms with Gasteiger partial charge in [0, 0.05) is 17.1 Å². The Morgan fingerprint density at radius 2 is 0.690 bits per heavy atom. The maximum atomic E-state index is 7.78. The van der Waals surface area contributed by atoms with Crippen molar-refractivity contribution < 1.29 is 4.74 Å². The summed E-state index contributed by atoms with van der Waals surface area (Å²) in [5.74, 6) is 1.68. The fourth-order valence-electron chi connectivity index (χ4n) is 14.4. The van der Waals surface area contributed by atoms with Crippen molar-refractivity contribution in [2.45, 2.75) is 0 Å². The van der Waals surface area contributed by atoms with Crippen LogP contribution in [0.3, 0.4) is 0 Å². The van der Waals surface area contributed by atoms with E-state index in [0.717, 1.165) is 108 Å². The molecule has 0 spiro atoms. The van der Waals surface area contributed by atoms with Crippen LogP contribution >= 0.6 is 0 Å². The molecule has 0 saturated carbocycles. The van der Waals surface area contributed by atoms with Crippen molar-refractivity contribution in [3.8, 4) is 11.5 Å². The van der Waals surface area contributed by atoms with E-state index in [4.69, 9.17) is 4.74 Å². The molecule has 0 aliphatic carbocycles. The minimum absolute atomic E-state index is 0.153. The van der Waals surface area contributed by atoms with E-state index in [1.54, 1.807) is 0 Å². The van der Waals surface area contributed by atoms with Gasteiger partial charge in [0.1, 0.15) is 0 Å². The number of para-hydroxylation sites is 8. The molecular weight excluding hydrogens is 1170 g/mol. The number of rotatable bonds is 9. The Balaban J connectivity index is 0.937. The summed E-state index contributed by atoms with van der Waals surface area (Å²) in [6.45, 7) is -0.318. The molecule has 18 rings (SSSR count). The Kier molecular flexibility index (Phi) is 11.5. The second kappa shape index (κ2) is 20.1. The predicted molar refractivity (Wildman–Crippen MR) is 368 cm³/mol. The van der Waals surface area contributed by atoms with Crippen LogP contribution < -0.4 is 62.0 Å². The molecule has 4 aliphatic heterocycles. The van der Waals surface area contributed by atoms with Gasteiger partial charge in [0.15, 0.2) is 0 Å². The first-order valence-corrected chi connectivity index (χ1v) is 32.1. The number of hydrogen-bond donors (Lipinski definition) is 0. The Morgan fingerprint density at radius 1 is 0.264 bits per heavy atom. The second-order valence-corrected chi connectivity index (χ2v) is 25.9. The van der Waals surface area contributed by atoms with Gasteiger partial charge in [0.05, 0.1) is 0 Å². The summed E-state index contributed by atoms with van der Waals surface area (Å²) in [5.41, 5.74) is 23.7. The van der Waals surface area contributed by atoms with Crippen molar-refractivity contribution in [3.05, 3.63) is 309 Å². The second-order valence-electron chi connectivity index (χ2n) is 22.8. The molecule has 0 N–H and O–H groups in total. The van der Waals surface area contributed by atoms with E-state index in [2.05, 4.69) is 334 Å². The molecule has 0 saturated heterocycles. The van der Waals surface area contributed by atoms with Crippen molar-refractivity contribution in [2.75, 3.05) is 24.5 Å². The summed E-state index contributed by atoms with van der Waals surface area (Å²) in [6.07, 6.45) is 0. The number of fused-ring (bicyclic) bond motifs is 11. The van der Waals surface area contributed by atoms with Crippen molar-refractivity contribution in [3.63, 3.8) is 0 Å². The third-order valence-corrected chi connectivity index (χ3v) is 21.2. The van der Waals surface area contributed by atoms with Crippen LogP contribution in [0.2, 0.25) is 0 Å². The normalized spacial score (nSPS) is 13.0. The van der Waals surface area contributed by atoms with Gasteiger partial charge in [-0.05, 0) is 36.4 Å². The Hall–Kier alpha value is -10.4. The Bertz CT molecular complexity index is 4940. The van der Waals surface area contributed by atoms with E-state index in [0.29, 0.717) is 0 Å². The van der Waals surface area contributed by atoms with Crippen molar-refractivity contribution >= 4 is 170 Å². The van der Waals surface area contributed by atoms with Crippen LogP contribution in [0.25, 0.3) is 17.6 Å². The van der Waals surface area contributed by atoms with Gasteiger partial charge in [0.25, 0.3) is 0 Å². The van der Waals surface area contributed by atoms with Crippen molar-refractivity contribution in [2.24, 2.45) is 0 Å². The summed E-state index contributed by atoms with van der Waals surface area (Å²) >= 11 is -0.678. The molecule has 1 aromatic heterocycles. The summed E-state index contributed by atoms with van der Waals surface area (Å²) < 4.78 is 10.7. The van der Waals surface area contributed by atoms with E-state index < -0.39 is 20.4 Å². The fourth-order valence-corrected chi connectivity index (χ4v) is 17.7. The summed E-state index contributed by atoms with van der Waals surface area (Å²) in [5, 5.41) is 2.72. The van der Waals surface area contributed by atoms with Gasteiger partial charge in [-0.2, -0.15) is 0 Å². The van der Waals surface area contributed by atoms with E-state index in [1.807, 2.05) is 0 Å². The quantitative estimate of drug-likeness (QED) is 0.134. The van der Waals surface area contributed by atoms with Crippen LogP contribution in [0.5, 0.6) is 11.5 Å². The van der Waals surface area contributed by atoms with E-state index >= 15 is 0 Å². The van der Waals surface area contributed by atoms with Crippen molar-refractivity contribution in [1.29, 1.82) is 0 Å². The standard InChI is InChI=1S/C78H51B2N5OTe/c1-7-25-52(26-8-1)81(53-27-9-2-10-28-53)59-45-70-77-71(46-59)85(58-43-44-62-61-37-19-24-42-75(61)87-76(62)49-58)69-51-73-66(50-65(69)79(77)63-38-20-22-40-67(63)83(70)56-33-15-5-16-34-56)80-64-39-21-23-41-68(64)84(57-35-17-6-18-36-57)72-47-60(48-74(86-73)78(72)80)82(54-29-11-3-12-30-54)55-31-13-4-14-32-55/h1-51H. The molecule has 5 heterocycles. The van der Waals surface area contributed by atoms with Crippen LogP contribution in [0.15, 0.2) is 309 Å². The number of nitrogens with zero attached hydrogens (tertiary/aromatic N) is 5. The molecule has 406 valence electrons. The molecular formula is C78H51B2N5OTe. The van der Waals surface area contributed by atoms with Gasteiger partial charge in [0.2, 0.25) is 0 Å². The van der Waals surface area contributed by atoms with Crippen LogP contribution in [-0.4, -0.2) is 33.9 Å². The molecule has 0 atom stereocenters. The molecule has 0 unspecified atom stereocenters. The maximum Gasteiger partial charge on any atom is -0.0380 e. The van der Waals surface area contributed by atoms with Gasteiger partial charge in [-0.1, -0.05) is 60.7 Å². The van der Waals surface area contributed by atoms with Crippen LogP contribution in [0.4, 0.5) is 85.3 Å². The third-order valence-electron chi connectivity index (χ3n) is 18.0. The summed E-state index contributed by atoms with van der Waals surface area (Å²) in [4.78, 5) is 12.3. The summed E-state index contributed by atoms with van der Waals surface area (Å²) in [7, 11) is 0. The first kappa shape index (κ1) is 50.0. The van der Waals surface area contributed by atoms with Gasteiger partial charge in [-0.3, -0.25) is 0 Å². The Labute approximate surface area is 516 Å². The topological polar surface area (TPSA) is 25.4 Å². The average Bonchev–Trinajstić information content (AvgIpc) is 1.04. The molecule has 9 heteroatoms. The number of benzene rings is 13. The Morgan fingerprint density at radius 3 is 1.23 bits per heavy atom. The van der Waals surface area contributed by atoms with Gasteiger partial charge in [-0.15, -0.1) is 0 Å². The molecule has 14 aromatic rings. The molecule has 87 heavy (non-hydrogen) atoms. The number of hydrogen-bond acceptors (Lipinski definition) is 6. The molecule has 0 radical (unpaired) electrons. The first-order chi connectivity index (χ1) is 43.2. The molecule has 13 aromatic carbocycles. The van der Waals surface area contributed by atoms with E-state index in [-0.39, 0.29) is 13.4 Å². The fraction of sp³-hybridized carbons (Fsp3) is 0. The van der Waals surface area contributed by atoms with E-state index in [1.165, 1.54) is 39.4 Å². The molecule has 0 amide bonds. The third kappa shape index (κ3) is 7.90. The average molecular weight is 1220 g/mol. The molecule has 0 bridgehead atoms. The zero-order valence-electron chi connectivity index (χ0n) is 47.2. The molecule has 4 aliphatic rings. The van der Waals surface area contributed by atoms with Gasteiger partial charge < -0.3 is 0 Å². The van der Waals surface area contributed by atoms with Crippen LogP contribution in [-0.2, 0) is 0 Å². The monoisotopic (exact) mass is 1230 g/mol.